The summed E-state index contributed by atoms with van der Waals surface area (Å²) < 4.78 is 17.5. The molecule has 1 unspecified atom stereocenters. The minimum Gasteiger partial charge on any atom is -1.00 e. The Balaban J connectivity index is 0.00000370. The van der Waals surface area contributed by atoms with Gasteiger partial charge in [0, 0.05) is 24.3 Å². The Morgan fingerprint density at radius 2 is 1.68 bits per heavy atom. The first kappa shape index (κ1) is 30.3. The molecule has 1 saturated carbocycles. The van der Waals surface area contributed by atoms with Crippen LogP contribution in [-0.4, -0.2) is 60.0 Å². The van der Waals surface area contributed by atoms with Crippen molar-refractivity contribution in [3.63, 3.8) is 0 Å². The first-order valence-corrected chi connectivity index (χ1v) is 14.2. The zero-order valence-electron chi connectivity index (χ0n) is 23.3. The van der Waals surface area contributed by atoms with Crippen molar-refractivity contribution >= 4 is 11.9 Å². The van der Waals surface area contributed by atoms with Gasteiger partial charge in [0.25, 0.3) is 0 Å². The smallest absolute Gasteiger partial charge is 0.344 e. The predicted molar refractivity (Wildman–Crippen MR) is 147 cm³/mol. The Hall–Kier alpha value is -2.68. The SMILES string of the molecule is CCOC(=O)COc1cccc(C[N@@+]2(C)[C@@H]3C=C[C@H]2C[C@H](OC(=O)C(O)(c2ccccc2)C2CCCC2)C3)c1.[Br-]. The fourth-order valence-electron chi connectivity index (χ4n) is 6.77. The van der Waals surface area contributed by atoms with E-state index in [0.29, 0.717) is 30.8 Å². The van der Waals surface area contributed by atoms with E-state index in [2.05, 4.69) is 25.3 Å². The average Bonchev–Trinajstić information content (AvgIpc) is 3.51. The van der Waals surface area contributed by atoms with Crippen LogP contribution >= 0.6 is 0 Å². The van der Waals surface area contributed by atoms with Crippen molar-refractivity contribution in [2.24, 2.45) is 5.92 Å². The van der Waals surface area contributed by atoms with E-state index in [9.17, 15) is 14.7 Å². The summed E-state index contributed by atoms with van der Waals surface area (Å²) in [4.78, 5) is 25.3. The van der Waals surface area contributed by atoms with Gasteiger partial charge in [-0.3, -0.25) is 0 Å². The van der Waals surface area contributed by atoms with Crippen LogP contribution in [0, 0.1) is 5.92 Å². The third-order valence-electron chi connectivity index (χ3n) is 8.91. The topological polar surface area (TPSA) is 82.1 Å². The monoisotopic (exact) mass is 613 g/mol. The number of carbonyl (C=O) groups excluding carboxylic acids is 2. The molecular weight excluding hydrogens is 574 g/mol. The van der Waals surface area contributed by atoms with Gasteiger partial charge in [-0.05, 0) is 49.6 Å². The van der Waals surface area contributed by atoms with Crippen LogP contribution in [-0.2, 0) is 31.2 Å². The number of quaternary nitrogens is 1. The molecule has 2 aromatic rings. The van der Waals surface area contributed by atoms with E-state index in [0.717, 1.165) is 42.3 Å². The van der Waals surface area contributed by atoms with Gasteiger partial charge in [0.2, 0.25) is 0 Å². The minimum absolute atomic E-state index is 0. The molecule has 7 nitrogen and oxygen atoms in total. The summed E-state index contributed by atoms with van der Waals surface area (Å²) in [5.74, 6) is -0.367. The molecule has 216 valence electrons. The van der Waals surface area contributed by atoms with Crippen molar-refractivity contribution < 1.29 is 50.4 Å². The number of likely N-dealkylation sites (N-methyl/N-ethyl adjacent to an activating group) is 1. The molecule has 1 N–H and O–H groups in total. The number of rotatable bonds is 10. The molecule has 3 aliphatic rings. The van der Waals surface area contributed by atoms with Gasteiger partial charge in [0.1, 0.15) is 30.5 Å². The van der Waals surface area contributed by atoms with Gasteiger partial charge in [-0.25, -0.2) is 9.59 Å². The number of esters is 2. The second-order valence-electron chi connectivity index (χ2n) is 11.4. The summed E-state index contributed by atoms with van der Waals surface area (Å²) in [6.45, 7) is 2.78. The predicted octanol–water partition coefficient (Wildman–Crippen LogP) is 1.67. The summed E-state index contributed by atoms with van der Waals surface area (Å²) in [7, 11) is 2.25. The molecule has 5 rings (SSSR count). The van der Waals surface area contributed by atoms with Crippen LogP contribution in [0.2, 0.25) is 0 Å². The molecule has 2 fully saturated rings. The van der Waals surface area contributed by atoms with Crippen molar-refractivity contribution in [2.75, 3.05) is 20.3 Å². The average molecular weight is 615 g/mol. The number of hydrogen-bond donors (Lipinski definition) is 1. The van der Waals surface area contributed by atoms with Crippen molar-refractivity contribution in [3.8, 4) is 5.75 Å². The van der Waals surface area contributed by atoms with Gasteiger partial charge in [0.05, 0.1) is 13.7 Å². The maximum absolute atomic E-state index is 13.7. The van der Waals surface area contributed by atoms with Crippen LogP contribution in [0.3, 0.4) is 0 Å². The molecule has 1 aliphatic carbocycles. The highest BCUT2D eigenvalue weighted by molar-refractivity contribution is 5.81. The van der Waals surface area contributed by atoms with E-state index in [1.807, 2.05) is 48.5 Å². The largest absolute Gasteiger partial charge is 1.00 e. The third kappa shape index (κ3) is 6.14. The number of fused-ring (bicyclic) bond motifs is 2. The van der Waals surface area contributed by atoms with E-state index >= 15 is 0 Å². The molecule has 0 spiro atoms. The number of carbonyl (C=O) groups is 2. The normalized spacial score (nSPS) is 26.9. The lowest BCUT2D eigenvalue weighted by molar-refractivity contribution is -0.957. The molecule has 1 saturated heterocycles. The Labute approximate surface area is 247 Å². The molecule has 0 amide bonds. The highest BCUT2D eigenvalue weighted by Gasteiger charge is 2.52. The van der Waals surface area contributed by atoms with E-state index < -0.39 is 11.6 Å². The molecule has 8 heteroatoms. The Morgan fingerprint density at radius 1 is 1.00 bits per heavy atom. The number of benzene rings is 2. The Kier molecular flexibility index (Phi) is 9.75. The molecule has 2 aromatic carbocycles. The maximum Gasteiger partial charge on any atom is 0.344 e. The summed E-state index contributed by atoms with van der Waals surface area (Å²) in [6.07, 6.45) is 9.38. The molecular formula is C32H40BrNO6. The quantitative estimate of drug-likeness (QED) is 0.249. The fraction of sp³-hybridized carbons (Fsp3) is 0.500. The van der Waals surface area contributed by atoms with Crippen LogP contribution in [0.4, 0.5) is 0 Å². The fourth-order valence-corrected chi connectivity index (χ4v) is 6.77. The molecule has 0 aromatic heterocycles. The Morgan fingerprint density at radius 3 is 2.33 bits per heavy atom. The van der Waals surface area contributed by atoms with Gasteiger partial charge in [0.15, 0.2) is 12.2 Å². The second-order valence-corrected chi connectivity index (χ2v) is 11.4. The first-order chi connectivity index (χ1) is 18.8. The van der Waals surface area contributed by atoms with Crippen molar-refractivity contribution in [1.82, 2.24) is 0 Å². The highest BCUT2D eigenvalue weighted by Crippen LogP contribution is 2.44. The molecule has 2 heterocycles. The van der Waals surface area contributed by atoms with E-state index in [4.69, 9.17) is 14.2 Å². The summed E-state index contributed by atoms with van der Waals surface area (Å²) in [6, 6.07) is 17.6. The van der Waals surface area contributed by atoms with Gasteiger partial charge in [-0.15, -0.1) is 0 Å². The van der Waals surface area contributed by atoms with E-state index in [1.165, 1.54) is 0 Å². The van der Waals surface area contributed by atoms with Crippen LogP contribution in [0.15, 0.2) is 66.7 Å². The number of ether oxygens (including phenoxy) is 3. The van der Waals surface area contributed by atoms with Gasteiger partial charge >= 0.3 is 11.9 Å². The molecule has 5 atom stereocenters. The maximum atomic E-state index is 13.7. The van der Waals surface area contributed by atoms with Crippen LogP contribution in [0.1, 0.15) is 56.6 Å². The summed E-state index contributed by atoms with van der Waals surface area (Å²) in [5.41, 5.74) is 0.140. The van der Waals surface area contributed by atoms with E-state index in [-0.39, 0.29) is 53.7 Å². The second kappa shape index (κ2) is 12.9. The van der Waals surface area contributed by atoms with Crippen molar-refractivity contribution in [1.29, 1.82) is 0 Å². The first-order valence-electron chi connectivity index (χ1n) is 14.2. The standard InChI is InChI=1S/C32H40NO6.BrH/c1-3-37-30(34)22-38-28-15-9-10-23(18-28)21-33(2)26-16-17-27(33)20-29(19-26)39-31(35)32(36,25-13-7-8-14-25)24-11-5-4-6-12-24;/h4-6,9-12,15-18,25-27,29,36H,3,7-8,13-14,19-22H2,1-2H3;1H/q+1;/p-1/t26-,27+,29-,32?,33+;. The zero-order chi connectivity index (χ0) is 27.5. The lowest BCUT2D eigenvalue weighted by atomic mass is 9.80. The summed E-state index contributed by atoms with van der Waals surface area (Å²) in [5, 5.41) is 11.8. The van der Waals surface area contributed by atoms with Crippen molar-refractivity contribution in [2.45, 2.75) is 75.8 Å². The Bertz CT molecular complexity index is 1180. The van der Waals surface area contributed by atoms with Gasteiger partial charge < -0.3 is 40.8 Å². The van der Waals surface area contributed by atoms with Crippen LogP contribution < -0.4 is 21.7 Å². The van der Waals surface area contributed by atoms with E-state index in [1.54, 1.807) is 6.92 Å². The van der Waals surface area contributed by atoms with Crippen LogP contribution in [0.5, 0.6) is 5.75 Å². The molecule has 0 radical (unpaired) electrons. The third-order valence-corrected chi connectivity index (χ3v) is 8.91. The number of halogens is 1. The summed E-state index contributed by atoms with van der Waals surface area (Å²) >= 11 is 0. The van der Waals surface area contributed by atoms with Crippen LogP contribution in [0.25, 0.3) is 0 Å². The molecule has 2 aliphatic heterocycles. The number of hydrogen-bond acceptors (Lipinski definition) is 6. The number of nitrogens with zero attached hydrogens (tertiary/aromatic N) is 1. The molecule has 2 bridgehead atoms. The number of aliphatic hydroxyl groups is 1. The minimum atomic E-state index is -1.61. The van der Waals surface area contributed by atoms with Gasteiger partial charge in [-0.2, -0.15) is 0 Å². The highest BCUT2D eigenvalue weighted by atomic mass is 79.9. The lowest BCUT2D eigenvalue weighted by Gasteiger charge is -2.47. The lowest BCUT2D eigenvalue weighted by Crippen LogP contribution is -3.00. The van der Waals surface area contributed by atoms with Gasteiger partial charge in [-0.1, -0.05) is 55.3 Å². The van der Waals surface area contributed by atoms with Crippen molar-refractivity contribution in [3.05, 3.63) is 77.9 Å². The zero-order valence-corrected chi connectivity index (χ0v) is 24.9. The molecule has 40 heavy (non-hydrogen) atoms. The number of piperidine rings is 1.